The molecule has 6 nitrogen and oxygen atoms in total. The van der Waals surface area contributed by atoms with Crippen LogP contribution in [0, 0.1) is 21.7 Å². The third-order valence-electron chi connectivity index (χ3n) is 2.65. The molecule has 0 aliphatic rings. The van der Waals surface area contributed by atoms with Gasteiger partial charge in [0.25, 0.3) is 0 Å². The van der Waals surface area contributed by atoms with Crippen molar-refractivity contribution in [3.8, 4) is 11.6 Å². The number of aliphatic hydroxyl groups is 1. The first-order chi connectivity index (χ1) is 9.88. The lowest BCUT2D eigenvalue weighted by Gasteiger charge is -2.08. The Kier molecular flexibility index (Phi) is 4.08. The van der Waals surface area contributed by atoms with Crippen molar-refractivity contribution in [2.45, 2.75) is 13.0 Å². The fourth-order valence-corrected chi connectivity index (χ4v) is 1.55. The summed E-state index contributed by atoms with van der Waals surface area (Å²) in [6, 6.07) is 3.89. The maximum atomic E-state index is 13.6. The molecule has 1 N–H and O–H groups in total. The van der Waals surface area contributed by atoms with Gasteiger partial charge in [0, 0.05) is 18.3 Å². The summed E-state index contributed by atoms with van der Waals surface area (Å²) in [5.41, 5.74) is -0.449. The van der Waals surface area contributed by atoms with Gasteiger partial charge in [-0.15, -0.1) is 0 Å². The number of pyridine rings is 1. The van der Waals surface area contributed by atoms with Crippen LogP contribution < -0.4 is 4.74 Å². The molecule has 0 spiro atoms. The molecule has 0 amide bonds. The first kappa shape index (κ1) is 14.8. The molecule has 1 unspecified atom stereocenters. The molecule has 8 heteroatoms. The highest BCUT2D eigenvalue weighted by molar-refractivity contribution is 5.40. The Bertz CT molecular complexity index is 675. The molecule has 0 fully saturated rings. The standard InChI is InChI=1S/C13H10F2N2O4/c1-7(18)8-2-3-13(16-6-8)21-12-5-9(14)11(17(19)20)4-10(12)15/h2-7,18H,1H3. The lowest BCUT2D eigenvalue weighted by molar-refractivity contribution is -0.387. The zero-order chi connectivity index (χ0) is 15.6. The van der Waals surface area contributed by atoms with E-state index < -0.39 is 34.1 Å². The molecule has 2 aromatic rings. The predicted octanol–water partition coefficient (Wildman–Crippen LogP) is 3.11. The fourth-order valence-electron chi connectivity index (χ4n) is 1.55. The molecule has 2 rings (SSSR count). The van der Waals surface area contributed by atoms with Gasteiger partial charge in [0.15, 0.2) is 11.6 Å². The van der Waals surface area contributed by atoms with Crippen LogP contribution in [-0.4, -0.2) is 15.0 Å². The number of rotatable bonds is 4. The van der Waals surface area contributed by atoms with E-state index >= 15 is 0 Å². The van der Waals surface area contributed by atoms with E-state index in [1.54, 1.807) is 6.92 Å². The van der Waals surface area contributed by atoms with Gasteiger partial charge >= 0.3 is 5.69 Å². The van der Waals surface area contributed by atoms with Gasteiger partial charge < -0.3 is 9.84 Å². The maximum Gasteiger partial charge on any atom is 0.307 e. The predicted molar refractivity (Wildman–Crippen MR) is 68.0 cm³/mol. The SMILES string of the molecule is CC(O)c1ccc(Oc2cc(F)c([N+](=O)[O-])cc2F)nc1. The van der Waals surface area contributed by atoms with E-state index in [1.165, 1.54) is 18.3 Å². The topological polar surface area (TPSA) is 85.5 Å². The highest BCUT2D eigenvalue weighted by Gasteiger charge is 2.20. The maximum absolute atomic E-state index is 13.6. The van der Waals surface area contributed by atoms with E-state index in [4.69, 9.17) is 4.74 Å². The van der Waals surface area contributed by atoms with Crippen LogP contribution in [0.1, 0.15) is 18.6 Å². The van der Waals surface area contributed by atoms with Gasteiger partial charge in [0.2, 0.25) is 11.7 Å². The molecule has 110 valence electrons. The third kappa shape index (κ3) is 3.29. The minimum absolute atomic E-state index is 0.0356. The second-order valence-corrected chi connectivity index (χ2v) is 4.20. The van der Waals surface area contributed by atoms with Crippen molar-refractivity contribution >= 4 is 5.69 Å². The summed E-state index contributed by atoms with van der Waals surface area (Å²) in [6.45, 7) is 1.54. The summed E-state index contributed by atoms with van der Waals surface area (Å²) in [5, 5.41) is 19.8. The summed E-state index contributed by atoms with van der Waals surface area (Å²) in [7, 11) is 0. The minimum Gasteiger partial charge on any atom is -0.436 e. The van der Waals surface area contributed by atoms with E-state index in [-0.39, 0.29) is 5.88 Å². The zero-order valence-corrected chi connectivity index (χ0v) is 10.8. The van der Waals surface area contributed by atoms with Crippen LogP contribution >= 0.6 is 0 Å². The van der Waals surface area contributed by atoms with E-state index in [9.17, 15) is 24.0 Å². The second-order valence-electron chi connectivity index (χ2n) is 4.20. The van der Waals surface area contributed by atoms with Crippen molar-refractivity contribution in [3.05, 3.63) is 57.8 Å². The summed E-state index contributed by atoms with van der Waals surface area (Å²) >= 11 is 0. The molecule has 0 aliphatic carbocycles. The number of halogens is 2. The van der Waals surface area contributed by atoms with Crippen molar-refractivity contribution in [1.82, 2.24) is 4.98 Å². The number of hydrogen-bond donors (Lipinski definition) is 1. The molecule has 0 bridgehead atoms. The van der Waals surface area contributed by atoms with Crippen molar-refractivity contribution in [2.75, 3.05) is 0 Å². The zero-order valence-electron chi connectivity index (χ0n) is 10.8. The summed E-state index contributed by atoms with van der Waals surface area (Å²) < 4.78 is 32.1. The van der Waals surface area contributed by atoms with Gasteiger partial charge in [-0.2, -0.15) is 4.39 Å². The normalized spacial score (nSPS) is 12.0. The molecule has 0 saturated heterocycles. The Morgan fingerprint density at radius 1 is 1.33 bits per heavy atom. The van der Waals surface area contributed by atoms with Crippen LogP contribution in [0.3, 0.4) is 0 Å². The van der Waals surface area contributed by atoms with Gasteiger partial charge in [-0.1, -0.05) is 0 Å². The highest BCUT2D eigenvalue weighted by atomic mass is 19.1. The molecule has 0 radical (unpaired) electrons. The lowest BCUT2D eigenvalue weighted by atomic mass is 10.2. The Balaban J connectivity index is 2.27. The Morgan fingerprint density at radius 3 is 2.57 bits per heavy atom. The average molecular weight is 296 g/mol. The molecular formula is C13H10F2N2O4. The Labute approximate surface area is 117 Å². The number of nitro groups is 1. The van der Waals surface area contributed by atoms with Crippen LogP contribution in [-0.2, 0) is 0 Å². The number of benzene rings is 1. The van der Waals surface area contributed by atoms with E-state index in [0.29, 0.717) is 17.7 Å². The van der Waals surface area contributed by atoms with E-state index in [1.807, 2.05) is 0 Å². The quantitative estimate of drug-likeness (QED) is 0.692. The van der Waals surface area contributed by atoms with Crippen molar-refractivity contribution < 1.29 is 23.5 Å². The van der Waals surface area contributed by atoms with E-state index in [2.05, 4.69) is 4.98 Å². The van der Waals surface area contributed by atoms with Crippen molar-refractivity contribution in [2.24, 2.45) is 0 Å². The fraction of sp³-hybridized carbons (Fsp3) is 0.154. The number of nitro benzene ring substituents is 1. The molecule has 21 heavy (non-hydrogen) atoms. The summed E-state index contributed by atoms with van der Waals surface area (Å²) in [6.07, 6.45) is 0.597. The average Bonchev–Trinajstić information content (AvgIpc) is 2.42. The van der Waals surface area contributed by atoms with Gasteiger partial charge in [-0.3, -0.25) is 10.1 Å². The van der Waals surface area contributed by atoms with Gasteiger partial charge in [0.1, 0.15) is 0 Å². The lowest BCUT2D eigenvalue weighted by Crippen LogP contribution is -1.98. The Hall–Kier alpha value is -2.61. The molecular weight excluding hydrogens is 286 g/mol. The minimum atomic E-state index is -1.21. The van der Waals surface area contributed by atoms with Gasteiger partial charge in [0.05, 0.1) is 17.1 Å². The highest BCUT2D eigenvalue weighted by Crippen LogP contribution is 2.29. The number of nitrogens with zero attached hydrogens (tertiary/aromatic N) is 2. The van der Waals surface area contributed by atoms with Crippen LogP contribution in [0.5, 0.6) is 11.6 Å². The number of aliphatic hydroxyl groups excluding tert-OH is 1. The Morgan fingerprint density at radius 2 is 2.05 bits per heavy atom. The second kappa shape index (κ2) is 5.80. The van der Waals surface area contributed by atoms with Crippen molar-refractivity contribution in [3.63, 3.8) is 0 Å². The first-order valence-electron chi connectivity index (χ1n) is 5.84. The number of ether oxygens (including phenoxy) is 1. The monoisotopic (exact) mass is 296 g/mol. The molecule has 0 saturated carbocycles. The third-order valence-corrected chi connectivity index (χ3v) is 2.65. The van der Waals surface area contributed by atoms with Crippen LogP contribution in [0.4, 0.5) is 14.5 Å². The van der Waals surface area contributed by atoms with Crippen LogP contribution in [0.15, 0.2) is 30.5 Å². The number of aromatic nitrogens is 1. The largest absolute Gasteiger partial charge is 0.436 e. The molecule has 0 aliphatic heterocycles. The smallest absolute Gasteiger partial charge is 0.307 e. The first-order valence-corrected chi connectivity index (χ1v) is 5.84. The molecule has 1 heterocycles. The summed E-state index contributed by atoms with van der Waals surface area (Å²) in [5.74, 6) is -2.84. The molecule has 1 aromatic carbocycles. The van der Waals surface area contributed by atoms with Crippen molar-refractivity contribution in [1.29, 1.82) is 0 Å². The molecule has 1 atom stereocenters. The summed E-state index contributed by atoms with van der Waals surface area (Å²) in [4.78, 5) is 13.3. The van der Waals surface area contributed by atoms with Gasteiger partial charge in [-0.25, -0.2) is 9.37 Å². The number of hydrogen-bond acceptors (Lipinski definition) is 5. The van der Waals surface area contributed by atoms with Gasteiger partial charge in [-0.05, 0) is 18.6 Å². The van der Waals surface area contributed by atoms with Crippen LogP contribution in [0.2, 0.25) is 0 Å². The van der Waals surface area contributed by atoms with E-state index in [0.717, 1.165) is 0 Å². The molecule has 1 aromatic heterocycles. The van der Waals surface area contributed by atoms with Crippen LogP contribution in [0.25, 0.3) is 0 Å².